The molecule has 0 bridgehead atoms. The first-order chi connectivity index (χ1) is 15.7. The maximum Gasteiger partial charge on any atom is 0.340 e. The molecule has 0 saturated carbocycles. The summed E-state index contributed by atoms with van der Waals surface area (Å²) < 4.78 is 15.9. The van der Waals surface area contributed by atoms with Gasteiger partial charge in [0.25, 0.3) is 5.91 Å². The number of hydrogen-bond acceptors (Lipinski definition) is 7. The van der Waals surface area contributed by atoms with Crippen molar-refractivity contribution in [1.29, 1.82) is 0 Å². The summed E-state index contributed by atoms with van der Waals surface area (Å²) in [7, 11) is 2.88. The maximum absolute atomic E-state index is 12.9. The van der Waals surface area contributed by atoms with Crippen molar-refractivity contribution in [2.24, 2.45) is 0 Å². The quantitative estimate of drug-likeness (QED) is 0.371. The third-order valence-corrected chi connectivity index (χ3v) is 6.08. The van der Waals surface area contributed by atoms with Gasteiger partial charge in [-0.25, -0.2) is 4.79 Å². The number of thiophene rings is 1. The second-order valence-corrected chi connectivity index (χ2v) is 8.38. The highest BCUT2D eigenvalue weighted by Crippen LogP contribution is 2.34. The summed E-state index contributed by atoms with van der Waals surface area (Å²) in [5.41, 5.74) is 3.61. The number of anilines is 1. The van der Waals surface area contributed by atoms with E-state index in [2.05, 4.69) is 5.32 Å². The van der Waals surface area contributed by atoms with Gasteiger partial charge in [0.1, 0.15) is 0 Å². The first kappa shape index (κ1) is 24.0. The minimum atomic E-state index is -0.771. The first-order valence-electron chi connectivity index (χ1n) is 10.1. The number of aryl methyl sites for hydroxylation is 3. The molecule has 0 aliphatic carbocycles. The van der Waals surface area contributed by atoms with Gasteiger partial charge in [0.2, 0.25) is 5.78 Å². The minimum Gasteiger partial charge on any atom is -0.493 e. The molecule has 1 amide bonds. The molecule has 2 aromatic carbocycles. The van der Waals surface area contributed by atoms with Crippen LogP contribution in [0.5, 0.6) is 11.5 Å². The molecule has 0 aliphatic rings. The van der Waals surface area contributed by atoms with E-state index in [0.29, 0.717) is 16.2 Å². The molecule has 33 heavy (non-hydrogen) atoms. The fraction of sp³-hybridized carbons (Fsp3) is 0.240. The number of hydrogen-bond donors (Lipinski definition) is 1. The molecule has 7 nitrogen and oxygen atoms in total. The fourth-order valence-corrected chi connectivity index (χ4v) is 3.91. The van der Waals surface area contributed by atoms with Gasteiger partial charge in [0.05, 0.1) is 30.3 Å². The lowest BCUT2D eigenvalue weighted by molar-refractivity contribution is 0.0475. The van der Waals surface area contributed by atoms with Gasteiger partial charge in [-0.1, -0.05) is 12.1 Å². The molecular weight excluding hydrogens is 442 g/mol. The summed E-state index contributed by atoms with van der Waals surface area (Å²) in [4.78, 5) is 38.7. The van der Waals surface area contributed by atoms with Crippen LogP contribution in [-0.4, -0.2) is 38.5 Å². The third kappa shape index (κ3) is 5.40. The number of carbonyl (C=O) groups excluding carboxylic acids is 3. The van der Waals surface area contributed by atoms with Gasteiger partial charge in [0.15, 0.2) is 18.1 Å². The predicted molar refractivity (Wildman–Crippen MR) is 127 cm³/mol. The Morgan fingerprint density at radius 1 is 0.879 bits per heavy atom. The van der Waals surface area contributed by atoms with Gasteiger partial charge in [-0.3, -0.25) is 9.59 Å². The van der Waals surface area contributed by atoms with Gasteiger partial charge >= 0.3 is 5.97 Å². The van der Waals surface area contributed by atoms with Gasteiger partial charge < -0.3 is 19.5 Å². The molecule has 0 saturated heterocycles. The Morgan fingerprint density at radius 2 is 1.55 bits per heavy atom. The summed E-state index contributed by atoms with van der Waals surface area (Å²) >= 11 is 1.27. The zero-order valence-corrected chi connectivity index (χ0v) is 19.9. The number of Topliss-reactive ketones (excluding diaryl/α,β-unsaturated/α-hetero) is 1. The van der Waals surface area contributed by atoms with Crippen LogP contribution in [0.1, 0.15) is 47.1 Å². The van der Waals surface area contributed by atoms with Crippen LogP contribution in [0.4, 0.5) is 5.69 Å². The van der Waals surface area contributed by atoms with Crippen molar-refractivity contribution >= 4 is 34.7 Å². The zero-order chi connectivity index (χ0) is 24.1. The summed E-state index contributed by atoms with van der Waals surface area (Å²) in [6, 6.07) is 10.0. The molecule has 3 rings (SSSR count). The van der Waals surface area contributed by atoms with Crippen LogP contribution in [0, 0.1) is 20.8 Å². The Kier molecular flexibility index (Phi) is 7.50. The predicted octanol–water partition coefficient (Wildman–Crippen LogP) is 4.98. The van der Waals surface area contributed by atoms with Gasteiger partial charge in [0, 0.05) is 17.7 Å². The zero-order valence-electron chi connectivity index (χ0n) is 19.1. The van der Waals surface area contributed by atoms with Crippen LogP contribution >= 0.6 is 11.3 Å². The second-order valence-electron chi connectivity index (χ2n) is 7.43. The molecule has 0 radical (unpaired) electrons. The smallest absolute Gasteiger partial charge is 0.340 e. The molecule has 1 N–H and O–H groups in total. The molecule has 0 unspecified atom stereocenters. The monoisotopic (exact) mass is 467 g/mol. The standard InChI is InChI=1S/C25H25NO6S/c1-14-9-16(3)17(10-15(14)2)20(27)13-32-25(29)18-11-21(30-4)22(31-5)12-19(18)26-24(28)23-7-6-8-33-23/h6-12H,13H2,1-5H3,(H,26,28). The Morgan fingerprint density at radius 3 is 2.18 bits per heavy atom. The molecule has 3 aromatic rings. The number of methoxy groups -OCH3 is 2. The van der Waals surface area contributed by atoms with E-state index in [4.69, 9.17) is 14.2 Å². The van der Waals surface area contributed by atoms with E-state index < -0.39 is 12.6 Å². The second kappa shape index (κ2) is 10.3. The average Bonchev–Trinajstić information content (AvgIpc) is 3.34. The minimum absolute atomic E-state index is 0.0437. The lowest BCUT2D eigenvalue weighted by Crippen LogP contribution is -2.18. The van der Waals surface area contributed by atoms with Crippen LogP contribution in [0.2, 0.25) is 0 Å². The normalized spacial score (nSPS) is 10.5. The third-order valence-electron chi connectivity index (χ3n) is 5.21. The highest BCUT2D eigenvalue weighted by molar-refractivity contribution is 7.12. The van der Waals surface area contributed by atoms with Gasteiger partial charge in [-0.15, -0.1) is 11.3 Å². The molecule has 172 valence electrons. The molecular formula is C25H25NO6S. The largest absolute Gasteiger partial charge is 0.493 e. The Bertz CT molecular complexity index is 1200. The number of ether oxygens (including phenoxy) is 3. The van der Waals surface area contributed by atoms with Crippen LogP contribution in [-0.2, 0) is 4.74 Å². The molecule has 0 atom stereocenters. The fourth-order valence-electron chi connectivity index (χ4n) is 3.29. The van der Waals surface area contributed by atoms with E-state index in [1.54, 1.807) is 23.6 Å². The van der Waals surface area contributed by atoms with Crippen LogP contribution < -0.4 is 14.8 Å². The Hall–Kier alpha value is -3.65. The Labute approximate surface area is 196 Å². The number of benzene rings is 2. The maximum atomic E-state index is 12.9. The summed E-state index contributed by atoms with van der Waals surface area (Å²) in [6.45, 7) is 5.30. The van der Waals surface area contributed by atoms with E-state index in [9.17, 15) is 14.4 Å². The molecule has 0 aliphatic heterocycles. The number of esters is 1. The molecule has 1 aromatic heterocycles. The lowest BCUT2D eigenvalue weighted by Gasteiger charge is -2.15. The van der Waals surface area contributed by atoms with Crippen LogP contribution in [0.15, 0.2) is 41.8 Å². The molecule has 8 heteroatoms. The SMILES string of the molecule is COc1cc(NC(=O)c2cccs2)c(C(=O)OCC(=O)c2cc(C)c(C)cc2C)cc1OC. The van der Waals surface area contributed by atoms with E-state index >= 15 is 0 Å². The highest BCUT2D eigenvalue weighted by atomic mass is 32.1. The van der Waals surface area contributed by atoms with Crippen molar-refractivity contribution in [1.82, 2.24) is 0 Å². The van der Waals surface area contributed by atoms with Crippen LogP contribution in [0.25, 0.3) is 0 Å². The van der Waals surface area contributed by atoms with Crippen molar-refractivity contribution in [3.63, 3.8) is 0 Å². The van der Waals surface area contributed by atoms with E-state index in [1.807, 2.05) is 26.8 Å². The van der Waals surface area contributed by atoms with Crippen molar-refractivity contribution in [2.75, 3.05) is 26.1 Å². The molecule has 1 heterocycles. The summed E-state index contributed by atoms with van der Waals surface area (Å²) in [5.74, 6) is -0.846. The number of amides is 1. The summed E-state index contributed by atoms with van der Waals surface area (Å²) in [6.07, 6.45) is 0. The van der Waals surface area contributed by atoms with Crippen LogP contribution in [0.3, 0.4) is 0 Å². The summed E-state index contributed by atoms with van der Waals surface area (Å²) in [5, 5.41) is 4.49. The van der Waals surface area contributed by atoms with Crippen molar-refractivity contribution in [3.05, 3.63) is 74.5 Å². The van der Waals surface area contributed by atoms with Crippen molar-refractivity contribution in [3.8, 4) is 11.5 Å². The van der Waals surface area contributed by atoms with E-state index in [1.165, 1.54) is 37.7 Å². The van der Waals surface area contributed by atoms with Crippen molar-refractivity contribution in [2.45, 2.75) is 20.8 Å². The Balaban J connectivity index is 1.85. The highest BCUT2D eigenvalue weighted by Gasteiger charge is 2.22. The number of carbonyl (C=O) groups is 3. The lowest BCUT2D eigenvalue weighted by atomic mass is 9.98. The molecule has 0 spiro atoms. The van der Waals surface area contributed by atoms with Gasteiger partial charge in [-0.05, 0) is 55.0 Å². The van der Waals surface area contributed by atoms with Crippen molar-refractivity contribution < 1.29 is 28.6 Å². The van der Waals surface area contributed by atoms with E-state index in [-0.39, 0.29) is 28.7 Å². The topological polar surface area (TPSA) is 90.9 Å². The van der Waals surface area contributed by atoms with E-state index in [0.717, 1.165) is 16.7 Å². The first-order valence-corrected chi connectivity index (χ1v) is 11.0. The molecule has 0 fully saturated rings. The number of ketones is 1. The average molecular weight is 468 g/mol. The number of rotatable bonds is 8. The van der Waals surface area contributed by atoms with Gasteiger partial charge in [-0.2, -0.15) is 0 Å². The number of nitrogens with one attached hydrogen (secondary N) is 1.